The highest BCUT2D eigenvalue weighted by molar-refractivity contribution is 8.00. The maximum absolute atomic E-state index is 2.59. The van der Waals surface area contributed by atoms with E-state index in [9.17, 15) is 0 Å². The number of rotatable bonds is 3. The molecule has 70 heavy (non-hydrogen) atoms. The van der Waals surface area contributed by atoms with E-state index in [2.05, 4.69) is 241 Å². The SMILES string of the molecule is c1ccc2c(c1)Sc1ccc(N(c3ccc4c(c3)C3(c5ccccc5-c5ccccc53)c3ccc5ccccc5c3S4)c3cccc4sc5ccccc5c34)cc1C21c2ccccc2-c2ccccc21. The number of benzene rings is 11. The first kappa shape index (κ1) is 39.3. The molecule has 4 heteroatoms. The van der Waals surface area contributed by atoms with E-state index in [-0.39, 0.29) is 0 Å². The van der Waals surface area contributed by atoms with Crippen molar-refractivity contribution in [3.8, 4) is 22.3 Å². The van der Waals surface area contributed by atoms with Crippen LogP contribution in [0.25, 0.3) is 53.2 Å². The van der Waals surface area contributed by atoms with E-state index in [1.807, 2.05) is 34.9 Å². The Morgan fingerprint density at radius 1 is 0.314 bits per heavy atom. The molecule has 1 nitrogen and oxygen atoms in total. The minimum Gasteiger partial charge on any atom is -0.310 e. The molecule has 2 aliphatic carbocycles. The third-order valence-electron chi connectivity index (χ3n) is 15.8. The van der Waals surface area contributed by atoms with Crippen molar-refractivity contribution in [3.63, 3.8) is 0 Å². The first-order valence-electron chi connectivity index (χ1n) is 24.1. The average Bonchev–Trinajstić information content (AvgIpc) is 4.05. The molecule has 2 spiro atoms. The summed E-state index contributed by atoms with van der Waals surface area (Å²) in [5.74, 6) is 0. The second-order valence-electron chi connectivity index (χ2n) is 19.0. The van der Waals surface area contributed by atoms with E-state index >= 15 is 0 Å². The van der Waals surface area contributed by atoms with Crippen LogP contribution in [-0.2, 0) is 10.8 Å². The van der Waals surface area contributed by atoms with Crippen LogP contribution in [0, 0.1) is 0 Å². The van der Waals surface area contributed by atoms with Crippen molar-refractivity contribution in [2.24, 2.45) is 0 Å². The van der Waals surface area contributed by atoms with Crippen molar-refractivity contribution >= 4 is 82.9 Å². The lowest BCUT2D eigenvalue weighted by Gasteiger charge is -2.41. The normalized spacial score (nSPS) is 14.7. The molecule has 1 aromatic heterocycles. The summed E-state index contributed by atoms with van der Waals surface area (Å²) in [5, 5.41) is 5.13. The number of hydrogen-bond donors (Lipinski definition) is 0. The topological polar surface area (TPSA) is 3.24 Å². The number of hydrogen-bond acceptors (Lipinski definition) is 4. The Kier molecular flexibility index (Phi) is 8.12. The summed E-state index contributed by atoms with van der Waals surface area (Å²) in [6.45, 7) is 0. The Morgan fingerprint density at radius 2 is 0.800 bits per heavy atom. The van der Waals surface area contributed by atoms with Crippen LogP contribution in [0.2, 0.25) is 0 Å². The van der Waals surface area contributed by atoms with E-state index in [1.54, 1.807) is 0 Å². The van der Waals surface area contributed by atoms with Crippen molar-refractivity contribution < 1.29 is 0 Å². The van der Waals surface area contributed by atoms with Gasteiger partial charge in [-0.05, 0) is 138 Å². The summed E-state index contributed by atoms with van der Waals surface area (Å²) in [5.41, 5.74) is 18.3. The molecule has 0 saturated heterocycles. The molecule has 16 rings (SSSR count). The highest BCUT2D eigenvalue weighted by atomic mass is 32.2. The zero-order valence-corrected chi connectivity index (χ0v) is 40.1. The second-order valence-corrected chi connectivity index (χ2v) is 22.2. The fourth-order valence-electron chi connectivity index (χ4n) is 13.1. The van der Waals surface area contributed by atoms with Crippen LogP contribution >= 0.6 is 34.9 Å². The molecule has 0 radical (unpaired) electrons. The summed E-state index contributed by atoms with van der Waals surface area (Å²) in [6.07, 6.45) is 0. The lowest BCUT2D eigenvalue weighted by atomic mass is 9.67. The fraction of sp³-hybridized carbons (Fsp3) is 0.0303. The molecule has 0 saturated carbocycles. The Morgan fingerprint density at radius 3 is 1.44 bits per heavy atom. The van der Waals surface area contributed by atoms with Crippen molar-refractivity contribution in [1.29, 1.82) is 0 Å². The quantitative estimate of drug-likeness (QED) is 0.174. The molecular formula is C66H39NS3. The molecular weight excluding hydrogens is 903 g/mol. The molecule has 0 unspecified atom stereocenters. The summed E-state index contributed by atoms with van der Waals surface area (Å²) in [4.78, 5) is 7.82. The van der Waals surface area contributed by atoms with Gasteiger partial charge in [-0.15, -0.1) is 11.3 Å². The predicted octanol–water partition coefficient (Wildman–Crippen LogP) is 18.3. The average molecular weight is 942 g/mol. The Hall–Kier alpha value is -7.60. The minimum absolute atomic E-state index is 0.507. The first-order chi connectivity index (χ1) is 34.7. The summed E-state index contributed by atoms with van der Waals surface area (Å²) >= 11 is 5.72. The van der Waals surface area contributed by atoms with Gasteiger partial charge in [0.1, 0.15) is 0 Å². The second kappa shape index (κ2) is 14.5. The minimum atomic E-state index is -0.548. The standard InChI is InChI=1S/C66H39NS3/c1-2-17-43-40(16-1)32-35-54-64(43)70-61-37-34-42(39-56(61)66(54)51-25-10-5-20-46(51)47-21-6-11-26-52(47)66)67(57-28-15-31-62-63(57)48-22-7-13-29-58(48)68-62)41-33-36-60-55(38-41)65(53-27-12-14-30-59(53)69-60)49-23-8-3-18-44(49)45-19-4-9-24-50(45)65/h1-39H. The van der Waals surface area contributed by atoms with Crippen LogP contribution in [0.4, 0.5) is 17.1 Å². The number of anilines is 3. The Labute approximate surface area is 418 Å². The molecule has 12 aromatic rings. The first-order valence-corrected chi connectivity index (χ1v) is 26.5. The molecule has 326 valence electrons. The maximum Gasteiger partial charge on any atom is 0.0736 e. The van der Waals surface area contributed by atoms with Crippen molar-refractivity contribution in [2.75, 3.05) is 4.90 Å². The summed E-state index contributed by atoms with van der Waals surface area (Å²) in [7, 11) is 0. The lowest BCUT2D eigenvalue weighted by Crippen LogP contribution is -2.32. The molecule has 0 bridgehead atoms. The summed E-state index contributed by atoms with van der Waals surface area (Å²) in [6, 6.07) is 90.1. The highest BCUT2D eigenvalue weighted by Gasteiger charge is 2.52. The predicted molar refractivity (Wildman–Crippen MR) is 294 cm³/mol. The van der Waals surface area contributed by atoms with Gasteiger partial charge in [-0.3, -0.25) is 0 Å². The molecule has 3 heterocycles. The van der Waals surface area contributed by atoms with Crippen LogP contribution in [0.15, 0.2) is 256 Å². The van der Waals surface area contributed by atoms with E-state index in [0.29, 0.717) is 0 Å². The number of fused-ring (bicyclic) bond motifs is 23. The number of thiophene rings is 1. The maximum atomic E-state index is 2.59. The Bertz CT molecular complexity index is 4140. The van der Waals surface area contributed by atoms with Crippen molar-refractivity contribution in [3.05, 3.63) is 281 Å². The van der Waals surface area contributed by atoms with Crippen LogP contribution in [0.1, 0.15) is 44.5 Å². The lowest BCUT2D eigenvalue weighted by molar-refractivity contribution is 0.722. The zero-order chi connectivity index (χ0) is 45.7. The number of nitrogens with zero attached hydrogens (tertiary/aromatic N) is 1. The van der Waals surface area contributed by atoms with Crippen LogP contribution < -0.4 is 4.90 Å². The van der Waals surface area contributed by atoms with Gasteiger partial charge in [-0.25, -0.2) is 0 Å². The van der Waals surface area contributed by atoms with Gasteiger partial charge in [0.15, 0.2) is 0 Å². The molecule has 4 aliphatic rings. The van der Waals surface area contributed by atoms with E-state index in [1.165, 1.54) is 123 Å². The van der Waals surface area contributed by atoms with Gasteiger partial charge in [0.25, 0.3) is 0 Å². The molecule has 0 N–H and O–H groups in total. The highest BCUT2D eigenvalue weighted by Crippen LogP contribution is 2.65. The Balaban J connectivity index is 1.01. The van der Waals surface area contributed by atoms with E-state index in [4.69, 9.17) is 0 Å². The van der Waals surface area contributed by atoms with E-state index < -0.39 is 10.8 Å². The van der Waals surface area contributed by atoms with Gasteiger partial charge < -0.3 is 4.90 Å². The van der Waals surface area contributed by atoms with Gasteiger partial charge in [-0.2, -0.15) is 0 Å². The molecule has 0 fully saturated rings. The molecule has 2 aliphatic heterocycles. The van der Waals surface area contributed by atoms with Gasteiger partial charge >= 0.3 is 0 Å². The molecule has 11 aromatic carbocycles. The summed E-state index contributed by atoms with van der Waals surface area (Å²) < 4.78 is 2.58. The van der Waals surface area contributed by atoms with Crippen LogP contribution in [-0.4, -0.2) is 0 Å². The molecule has 0 amide bonds. The van der Waals surface area contributed by atoms with Crippen LogP contribution in [0.5, 0.6) is 0 Å². The van der Waals surface area contributed by atoms with Gasteiger partial charge in [0.05, 0.1) is 16.5 Å². The third-order valence-corrected chi connectivity index (χ3v) is 19.3. The van der Waals surface area contributed by atoms with Crippen molar-refractivity contribution in [2.45, 2.75) is 30.4 Å². The fourth-order valence-corrected chi connectivity index (χ4v) is 16.7. The van der Waals surface area contributed by atoms with Gasteiger partial charge in [-0.1, -0.05) is 199 Å². The smallest absolute Gasteiger partial charge is 0.0736 e. The zero-order valence-electron chi connectivity index (χ0n) is 37.7. The molecule has 0 atom stereocenters. The largest absolute Gasteiger partial charge is 0.310 e. The van der Waals surface area contributed by atoms with Crippen molar-refractivity contribution in [1.82, 2.24) is 0 Å². The monoisotopic (exact) mass is 941 g/mol. The third kappa shape index (κ3) is 5.00. The van der Waals surface area contributed by atoms with E-state index in [0.717, 1.165) is 11.4 Å². The van der Waals surface area contributed by atoms with Gasteiger partial charge in [0, 0.05) is 51.1 Å². The van der Waals surface area contributed by atoms with Gasteiger partial charge in [0.2, 0.25) is 0 Å². The van der Waals surface area contributed by atoms with Crippen LogP contribution in [0.3, 0.4) is 0 Å².